The Balaban J connectivity index is 1.46. The largest absolute Gasteiger partial charge is 0.494 e. The van der Waals surface area contributed by atoms with Crippen molar-refractivity contribution in [2.45, 2.75) is 38.6 Å². The fourth-order valence-electron chi connectivity index (χ4n) is 3.87. The van der Waals surface area contributed by atoms with E-state index in [1.54, 1.807) is 0 Å². The summed E-state index contributed by atoms with van der Waals surface area (Å²) in [6.45, 7) is 3.41. The number of carbonyl (C=O) groups excluding carboxylic acids is 1. The summed E-state index contributed by atoms with van der Waals surface area (Å²) in [5, 5.41) is 0. The molecule has 0 spiro atoms. The zero-order valence-corrected chi connectivity index (χ0v) is 15.6. The second-order valence-electron chi connectivity index (χ2n) is 6.93. The molecule has 1 unspecified atom stereocenters. The van der Waals surface area contributed by atoms with Crippen LogP contribution in [0.4, 0.5) is 0 Å². The lowest BCUT2D eigenvalue weighted by atomic mass is 10.1. The van der Waals surface area contributed by atoms with Gasteiger partial charge in [0.05, 0.1) is 23.7 Å². The number of likely N-dealkylation sites (tertiary alicyclic amines) is 1. The number of imidazole rings is 1. The summed E-state index contributed by atoms with van der Waals surface area (Å²) in [7, 11) is 0. The van der Waals surface area contributed by atoms with Crippen molar-refractivity contribution in [1.82, 2.24) is 14.9 Å². The second-order valence-corrected chi connectivity index (χ2v) is 6.93. The van der Waals surface area contributed by atoms with Gasteiger partial charge in [-0.05, 0) is 49.9 Å². The molecule has 0 radical (unpaired) electrons. The minimum atomic E-state index is 0.0482. The van der Waals surface area contributed by atoms with Gasteiger partial charge in [-0.1, -0.05) is 30.3 Å². The van der Waals surface area contributed by atoms with Gasteiger partial charge in [-0.15, -0.1) is 0 Å². The summed E-state index contributed by atoms with van der Waals surface area (Å²) in [6.07, 6.45) is 3.16. The summed E-state index contributed by atoms with van der Waals surface area (Å²) in [4.78, 5) is 23.0. The van der Waals surface area contributed by atoms with Gasteiger partial charge in [0.2, 0.25) is 5.91 Å². The van der Waals surface area contributed by atoms with Gasteiger partial charge >= 0.3 is 0 Å². The third kappa shape index (κ3) is 3.68. The molecule has 4 rings (SSSR count). The Hall–Kier alpha value is -2.82. The highest BCUT2D eigenvalue weighted by Crippen LogP contribution is 2.32. The zero-order chi connectivity index (χ0) is 18.6. The van der Waals surface area contributed by atoms with E-state index in [0.29, 0.717) is 19.4 Å². The number of para-hydroxylation sites is 3. The number of benzene rings is 2. The fourth-order valence-corrected chi connectivity index (χ4v) is 3.87. The summed E-state index contributed by atoms with van der Waals surface area (Å²) in [6, 6.07) is 16.0. The Bertz CT molecular complexity index is 901. The number of hydrogen-bond acceptors (Lipinski definition) is 3. The minimum Gasteiger partial charge on any atom is -0.494 e. The van der Waals surface area contributed by atoms with E-state index < -0.39 is 0 Å². The number of rotatable bonds is 6. The summed E-state index contributed by atoms with van der Waals surface area (Å²) >= 11 is 0. The Kier molecular flexibility index (Phi) is 5.10. The van der Waals surface area contributed by atoms with E-state index in [1.165, 1.54) is 0 Å². The molecule has 0 aliphatic carbocycles. The van der Waals surface area contributed by atoms with Gasteiger partial charge in [-0.25, -0.2) is 4.98 Å². The number of aryl methyl sites for hydroxylation is 1. The molecule has 1 aromatic heterocycles. The molecule has 2 aromatic carbocycles. The quantitative estimate of drug-likeness (QED) is 0.712. The van der Waals surface area contributed by atoms with Crippen LogP contribution in [0.2, 0.25) is 0 Å². The maximum atomic E-state index is 12.9. The van der Waals surface area contributed by atoms with Crippen molar-refractivity contribution in [2.75, 3.05) is 13.2 Å². The molecule has 140 valence electrons. The van der Waals surface area contributed by atoms with Crippen LogP contribution in [0.15, 0.2) is 48.5 Å². The molecule has 3 aromatic rings. The lowest BCUT2D eigenvalue weighted by molar-refractivity contribution is -0.132. The number of nitrogens with zero attached hydrogens (tertiary/aromatic N) is 2. The smallest absolute Gasteiger partial charge is 0.223 e. The number of ether oxygens (including phenoxy) is 1. The molecule has 5 heteroatoms. The summed E-state index contributed by atoms with van der Waals surface area (Å²) in [5.74, 6) is 1.96. The molecule has 1 aliphatic rings. The molecule has 1 aliphatic heterocycles. The summed E-state index contributed by atoms with van der Waals surface area (Å²) in [5.41, 5.74) is 3.07. The van der Waals surface area contributed by atoms with Gasteiger partial charge in [0, 0.05) is 13.0 Å². The number of carbonyl (C=O) groups is 1. The van der Waals surface area contributed by atoms with E-state index in [0.717, 1.165) is 47.6 Å². The predicted molar refractivity (Wildman–Crippen MR) is 106 cm³/mol. The first kappa shape index (κ1) is 17.6. The van der Waals surface area contributed by atoms with Crippen LogP contribution in [0.1, 0.15) is 43.6 Å². The Morgan fingerprint density at radius 1 is 1.22 bits per heavy atom. The van der Waals surface area contributed by atoms with Crippen molar-refractivity contribution in [2.24, 2.45) is 0 Å². The first-order valence-corrected chi connectivity index (χ1v) is 9.71. The number of fused-ring (bicyclic) bond motifs is 1. The van der Waals surface area contributed by atoms with Crippen LogP contribution in [0.3, 0.4) is 0 Å². The van der Waals surface area contributed by atoms with Gasteiger partial charge in [0.15, 0.2) is 0 Å². The van der Waals surface area contributed by atoms with Crippen LogP contribution in [0, 0.1) is 0 Å². The van der Waals surface area contributed by atoms with Gasteiger partial charge in [0.25, 0.3) is 0 Å². The third-order valence-corrected chi connectivity index (χ3v) is 5.18. The van der Waals surface area contributed by atoms with Gasteiger partial charge in [-0.2, -0.15) is 0 Å². The Morgan fingerprint density at radius 3 is 2.89 bits per heavy atom. The first-order chi connectivity index (χ1) is 13.3. The molecule has 1 amide bonds. The van der Waals surface area contributed by atoms with Crippen LogP contribution in [0.5, 0.6) is 5.75 Å². The maximum absolute atomic E-state index is 12.9. The highest BCUT2D eigenvalue weighted by Gasteiger charge is 2.31. The molecule has 5 nitrogen and oxygen atoms in total. The van der Waals surface area contributed by atoms with Crippen LogP contribution in [-0.2, 0) is 11.2 Å². The standard InChI is InChI=1S/C22H25N3O2/c1-2-27-20-12-6-3-8-16(20)13-14-21(26)25-15-7-11-19(25)22-23-17-9-4-5-10-18(17)24-22/h3-6,8-10,12,19H,2,7,11,13-15H2,1H3,(H,23,24). The van der Waals surface area contributed by atoms with Gasteiger partial charge in [-0.3, -0.25) is 4.79 Å². The van der Waals surface area contributed by atoms with Crippen molar-refractivity contribution >= 4 is 16.9 Å². The van der Waals surface area contributed by atoms with Crippen LogP contribution in [-0.4, -0.2) is 33.9 Å². The monoisotopic (exact) mass is 363 g/mol. The first-order valence-electron chi connectivity index (χ1n) is 9.71. The van der Waals surface area contributed by atoms with E-state index in [9.17, 15) is 4.79 Å². The van der Waals surface area contributed by atoms with Crippen molar-refractivity contribution in [3.63, 3.8) is 0 Å². The van der Waals surface area contributed by atoms with Gasteiger partial charge in [0.1, 0.15) is 11.6 Å². The number of aromatic amines is 1. The van der Waals surface area contributed by atoms with Crippen molar-refractivity contribution in [1.29, 1.82) is 0 Å². The van der Waals surface area contributed by atoms with E-state index >= 15 is 0 Å². The fraction of sp³-hybridized carbons (Fsp3) is 0.364. The molecule has 1 atom stereocenters. The molecule has 1 saturated heterocycles. The van der Waals surface area contributed by atoms with Crippen molar-refractivity contribution < 1.29 is 9.53 Å². The number of H-pyrrole nitrogens is 1. The highest BCUT2D eigenvalue weighted by molar-refractivity contribution is 5.78. The number of aromatic nitrogens is 2. The summed E-state index contributed by atoms with van der Waals surface area (Å²) < 4.78 is 5.68. The predicted octanol–water partition coefficient (Wildman–Crippen LogP) is 4.26. The molecule has 1 fully saturated rings. The topological polar surface area (TPSA) is 58.2 Å². The van der Waals surface area contributed by atoms with E-state index in [1.807, 2.05) is 60.4 Å². The Morgan fingerprint density at radius 2 is 2.04 bits per heavy atom. The second kappa shape index (κ2) is 7.82. The molecule has 0 saturated carbocycles. The lowest BCUT2D eigenvalue weighted by Gasteiger charge is -2.23. The minimum absolute atomic E-state index is 0.0482. The SMILES string of the molecule is CCOc1ccccc1CCC(=O)N1CCCC1c1nc2ccccc2[nH]1. The number of amides is 1. The molecule has 2 heterocycles. The average Bonchev–Trinajstić information content (AvgIpc) is 3.34. The number of nitrogens with one attached hydrogen (secondary N) is 1. The lowest BCUT2D eigenvalue weighted by Crippen LogP contribution is -2.31. The van der Waals surface area contributed by atoms with Crippen LogP contribution < -0.4 is 4.74 Å². The molecular formula is C22H25N3O2. The van der Waals surface area contributed by atoms with Gasteiger partial charge < -0.3 is 14.6 Å². The van der Waals surface area contributed by atoms with Crippen molar-refractivity contribution in [3.8, 4) is 5.75 Å². The molecule has 27 heavy (non-hydrogen) atoms. The Labute approximate surface area is 159 Å². The molecular weight excluding hydrogens is 338 g/mol. The molecule has 1 N–H and O–H groups in total. The van der Waals surface area contributed by atoms with E-state index in [4.69, 9.17) is 9.72 Å². The normalized spacial score (nSPS) is 16.8. The maximum Gasteiger partial charge on any atom is 0.223 e. The zero-order valence-electron chi connectivity index (χ0n) is 15.6. The number of hydrogen-bond donors (Lipinski definition) is 1. The molecule has 0 bridgehead atoms. The average molecular weight is 363 g/mol. The highest BCUT2D eigenvalue weighted by atomic mass is 16.5. The van der Waals surface area contributed by atoms with Crippen LogP contribution in [0.25, 0.3) is 11.0 Å². The third-order valence-electron chi connectivity index (χ3n) is 5.18. The van der Waals surface area contributed by atoms with Crippen molar-refractivity contribution in [3.05, 3.63) is 59.9 Å². The van der Waals surface area contributed by atoms with Crippen LogP contribution >= 0.6 is 0 Å². The van der Waals surface area contributed by atoms with E-state index in [2.05, 4.69) is 4.98 Å². The van der Waals surface area contributed by atoms with E-state index in [-0.39, 0.29) is 11.9 Å².